The van der Waals surface area contributed by atoms with Crippen molar-refractivity contribution in [1.29, 1.82) is 0 Å². The van der Waals surface area contributed by atoms with Crippen LogP contribution in [0.1, 0.15) is 12.5 Å². The highest BCUT2D eigenvalue weighted by Gasteiger charge is 2.08. The normalized spacial score (nSPS) is 9.88. The van der Waals surface area contributed by atoms with Crippen LogP contribution in [-0.2, 0) is 6.42 Å². The van der Waals surface area contributed by atoms with Crippen LogP contribution in [0.2, 0.25) is 0 Å². The molecule has 16 heavy (non-hydrogen) atoms. The van der Waals surface area contributed by atoms with Gasteiger partial charge in [-0.1, -0.05) is 12.1 Å². The van der Waals surface area contributed by atoms with Crippen LogP contribution in [-0.4, -0.2) is 36.3 Å². The molecule has 4 heteroatoms. The molecule has 0 bridgehead atoms. The summed E-state index contributed by atoms with van der Waals surface area (Å²) in [7, 11) is 1.62. The lowest BCUT2D eigenvalue weighted by molar-refractivity contribution is 0.148. The summed E-state index contributed by atoms with van der Waals surface area (Å²) in [6.45, 7) is 2.86. The molecule has 1 amide bonds. The zero-order valence-corrected chi connectivity index (χ0v) is 9.64. The molecule has 0 saturated heterocycles. The summed E-state index contributed by atoms with van der Waals surface area (Å²) in [4.78, 5) is 12.2. The molecule has 1 aromatic carbocycles. The topological polar surface area (TPSA) is 49.8 Å². The summed E-state index contributed by atoms with van der Waals surface area (Å²) in [5, 5.41) is 8.85. The number of benzene rings is 1. The fourth-order valence-corrected chi connectivity index (χ4v) is 1.48. The van der Waals surface area contributed by atoms with Crippen molar-refractivity contribution in [2.45, 2.75) is 13.3 Å². The third kappa shape index (κ3) is 3.46. The molecule has 0 heterocycles. The van der Waals surface area contributed by atoms with E-state index in [2.05, 4.69) is 0 Å². The van der Waals surface area contributed by atoms with E-state index in [1.807, 2.05) is 31.2 Å². The molecular formula is C12H17NO3. The monoisotopic (exact) mass is 223 g/mol. The van der Waals surface area contributed by atoms with E-state index in [4.69, 9.17) is 9.84 Å². The van der Waals surface area contributed by atoms with Crippen LogP contribution in [0.5, 0.6) is 5.75 Å². The van der Waals surface area contributed by atoms with Crippen LogP contribution in [0.3, 0.4) is 0 Å². The molecule has 0 aromatic heterocycles. The first-order valence-corrected chi connectivity index (χ1v) is 5.28. The Bertz CT molecular complexity index is 352. The minimum atomic E-state index is -0.870. The number of amides is 1. The second kappa shape index (κ2) is 6.00. The van der Waals surface area contributed by atoms with E-state index in [1.54, 1.807) is 7.11 Å². The first-order chi connectivity index (χ1) is 7.67. The van der Waals surface area contributed by atoms with Gasteiger partial charge in [-0.2, -0.15) is 0 Å². The van der Waals surface area contributed by atoms with Crippen molar-refractivity contribution in [2.75, 3.05) is 20.2 Å². The van der Waals surface area contributed by atoms with Gasteiger partial charge < -0.3 is 14.7 Å². The fraction of sp³-hybridized carbons (Fsp3) is 0.417. The maximum Gasteiger partial charge on any atom is 0.407 e. The smallest absolute Gasteiger partial charge is 0.407 e. The number of nitrogens with zero attached hydrogens (tertiary/aromatic N) is 1. The highest BCUT2D eigenvalue weighted by molar-refractivity contribution is 5.64. The van der Waals surface area contributed by atoms with E-state index in [0.29, 0.717) is 19.5 Å². The third-order valence-electron chi connectivity index (χ3n) is 2.46. The minimum Gasteiger partial charge on any atom is -0.497 e. The molecule has 0 aliphatic rings. The zero-order chi connectivity index (χ0) is 12.0. The lowest BCUT2D eigenvalue weighted by Gasteiger charge is -2.16. The number of likely N-dealkylation sites (N-methyl/N-ethyl adjacent to an activating group) is 1. The average molecular weight is 223 g/mol. The Kier molecular flexibility index (Phi) is 4.64. The summed E-state index contributed by atoms with van der Waals surface area (Å²) in [5.74, 6) is 0.802. The largest absolute Gasteiger partial charge is 0.497 e. The summed E-state index contributed by atoms with van der Waals surface area (Å²) >= 11 is 0. The van der Waals surface area contributed by atoms with Crippen LogP contribution in [0.15, 0.2) is 24.3 Å². The van der Waals surface area contributed by atoms with Crippen molar-refractivity contribution < 1.29 is 14.6 Å². The molecule has 1 N–H and O–H groups in total. The molecule has 0 unspecified atom stereocenters. The van der Waals surface area contributed by atoms with Gasteiger partial charge in [0.2, 0.25) is 0 Å². The predicted octanol–water partition coefficient (Wildman–Crippen LogP) is 2.24. The van der Waals surface area contributed by atoms with E-state index in [1.165, 1.54) is 4.90 Å². The van der Waals surface area contributed by atoms with Crippen molar-refractivity contribution in [3.63, 3.8) is 0 Å². The lowest BCUT2D eigenvalue weighted by Crippen LogP contribution is -2.31. The van der Waals surface area contributed by atoms with Crippen molar-refractivity contribution in [3.05, 3.63) is 29.8 Å². The van der Waals surface area contributed by atoms with Gasteiger partial charge in [-0.15, -0.1) is 0 Å². The van der Waals surface area contributed by atoms with E-state index in [-0.39, 0.29) is 0 Å². The zero-order valence-electron chi connectivity index (χ0n) is 9.64. The maximum absolute atomic E-state index is 10.8. The summed E-state index contributed by atoms with van der Waals surface area (Å²) < 4.78 is 5.11. The van der Waals surface area contributed by atoms with E-state index in [0.717, 1.165) is 11.3 Å². The molecule has 1 aromatic rings. The molecule has 88 valence electrons. The van der Waals surface area contributed by atoms with Gasteiger partial charge in [-0.3, -0.25) is 0 Å². The quantitative estimate of drug-likeness (QED) is 0.832. The second-order valence-corrected chi connectivity index (χ2v) is 3.46. The van der Waals surface area contributed by atoms with Crippen molar-refractivity contribution in [3.8, 4) is 5.75 Å². The highest BCUT2D eigenvalue weighted by Crippen LogP contribution is 2.13. The number of methoxy groups -OCH3 is 1. The van der Waals surface area contributed by atoms with Gasteiger partial charge in [0.25, 0.3) is 0 Å². The van der Waals surface area contributed by atoms with Crippen LogP contribution in [0, 0.1) is 0 Å². The Labute approximate surface area is 95.5 Å². The van der Waals surface area contributed by atoms with Gasteiger partial charge in [0, 0.05) is 13.1 Å². The van der Waals surface area contributed by atoms with Crippen LogP contribution in [0.25, 0.3) is 0 Å². The van der Waals surface area contributed by atoms with Gasteiger partial charge in [-0.25, -0.2) is 4.79 Å². The molecule has 0 radical (unpaired) electrons. The summed E-state index contributed by atoms with van der Waals surface area (Å²) in [6.07, 6.45) is -0.164. The predicted molar refractivity (Wildman–Crippen MR) is 62.0 cm³/mol. The van der Waals surface area contributed by atoms with Crippen molar-refractivity contribution in [1.82, 2.24) is 4.90 Å². The van der Waals surface area contributed by atoms with Crippen molar-refractivity contribution in [2.24, 2.45) is 0 Å². The minimum absolute atomic E-state index is 0.513. The number of carboxylic acid groups (broad SMARTS) is 1. The number of ether oxygens (including phenoxy) is 1. The molecule has 0 aliphatic heterocycles. The Morgan fingerprint density at radius 2 is 2.25 bits per heavy atom. The number of rotatable bonds is 5. The molecule has 0 aliphatic carbocycles. The Morgan fingerprint density at radius 3 is 2.81 bits per heavy atom. The average Bonchev–Trinajstić information content (AvgIpc) is 2.29. The lowest BCUT2D eigenvalue weighted by atomic mass is 10.1. The molecule has 0 atom stereocenters. The van der Waals surface area contributed by atoms with Crippen molar-refractivity contribution >= 4 is 6.09 Å². The van der Waals surface area contributed by atoms with Gasteiger partial charge in [-0.05, 0) is 31.0 Å². The molecule has 0 fully saturated rings. The number of carbonyl (C=O) groups is 1. The van der Waals surface area contributed by atoms with E-state index in [9.17, 15) is 4.79 Å². The first kappa shape index (κ1) is 12.4. The number of hydrogen-bond donors (Lipinski definition) is 1. The van der Waals surface area contributed by atoms with E-state index < -0.39 is 6.09 Å². The SMILES string of the molecule is CCN(CCc1cccc(OC)c1)C(=O)O. The maximum atomic E-state index is 10.8. The molecular weight excluding hydrogens is 206 g/mol. The van der Waals surface area contributed by atoms with Gasteiger partial charge >= 0.3 is 6.09 Å². The summed E-state index contributed by atoms with van der Waals surface area (Å²) in [5.41, 5.74) is 1.08. The third-order valence-corrected chi connectivity index (χ3v) is 2.46. The summed E-state index contributed by atoms with van der Waals surface area (Å²) in [6, 6.07) is 7.68. The van der Waals surface area contributed by atoms with Gasteiger partial charge in [0.15, 0.2) is 0 Å². The fourth-order valence-electron chi connectivity index (χ4n) is 1.48. The molecule has 4 nitrogen and oxygen atoms in total. The standard InChI is InChI=1S/C12H17NO3/c1-3-13(12(14)15)8-7-10-5-4-6-11(9-10)16-2/h4-6,9H,3,7-8H2,1-2H3,(H,14,15). The van der Waals surface area contributed by atoms with Gasteiger partial charge in [0.05, 0.1) is 7.11 Å². The second-order valence-electron chi connectivity index (χ2n) is 3.46. The molecule has 0 spiro atoms. The Hall–Kier alpha value is -1.71. The van der Waals surface area contributed by atoms with E-state index >= 15 is 0 Å². The van der Waals surface area contributed by atoms with Crippen LogP contribution < -0.4 is 4.74 Å². The molecule has 1 rings (SSSR count). The number of hydrogen-bond acceptors (Lipinski definition) is 2. The Morgan fingerprint density at radius 1 is 1.50 bits per heavy atom. The molecule has 0 saturated carbocycles. The Balaban J connectivity index is 2.56. The van der Waals surface area contributed by atoms with Crippen LogP contribution in [0.4, 0.5) is 4.79 Å². The highest BCUT2D eigenvalue weighted by atomic mass is 16.5. The van der Waals surface area contributed by atoms with Gasteiger partial charge in [0.1, 0.15) is 5.75 Å². The van der Waals surface area contributed by atoms with Crippen LogP contribution >= 0.6 is 0 Å². The first-order valence-electron chi connectivity index (χ1n) is 5.28.